The molecule has 0 aliphatic rings. The third-order valence-electron chi connectivity index (χ3n) is 4.67. The molecule has 0 aromatic heterocycles. The predicted octanol–water partition coefficient (Wildman–Crippen LogP) is 3.31. The van der Waals surface area contributed by atoms with Crippen LogP contribution >= 0.6 is 0 Å². The van der Waals surface area contributed by atoms with E-state index in [1.807, 2.05) is 58.0 Å². The molecule has 0 heterocycles. The SMILES string of the molecule is CCN(CC)S(=O)(=O)c1ccc(C)c(NCC(=O)N[C@@H](C)c2ccccc2)c1. The average Bonchev–Trinajstić information content (AvgIpc) is 2.68. The second-order valence-electron chi connectivity index (χ2n) is 6.62. The lowest BCUT2D eigenvalue weighted by molar-refractivity contribution is -0.120. The molecular formula is C21H29N3O3S. The molecule has 2 N–H and O–H groups in total. The maximum Gasteiger partial charge on any atom is 0.243 e. The average molecular weight is 404 g/mol. The molecule has 0 unspecified atom stereocenters. The van der Waals surface area contributed by atoms with Crippen LogP contribution in [0.1, 0.15) is 37.9 Å². The van der Waals surface area contributed by atoms with E-state index >= 15 is 0 Å². The minimum atomic E-state index is -3.54. The molecule has 2 aromatic rings. The Kier molecular flexibility index (Phi) is 7.60. The molecule has 0 bridgehead atoms. The highest BCUT2D eigenvalue weighted by Crippen LogP contribution is 2.23. The fraction of sp³-hybridized carbons (Fsp3) is 0.381. The third kappa shape index (κ3) is 5.33. The minimum absolute atomic E-state index is 0.0623. The number of nitrogens with zero attached hydrogens (tertiary/aromatic N) is 1. The van der Waals surface area contributed by atoms with Gasteiger partial charge in [0.25, 0.3) is 0 Å². The second kappa shape index (κ2) is 9.71. The zero-order valence-electron chi connectivity index (χ0n) is 16.9. The molecule has 0 radical (unpaired) electrons. The van der Waals surface area contributed by atoms with Crippen LogP contribution in [0.2, 0.25) is 0 Å². The quantitative estimate of drug-likeness (QED) is 0.673. The molecule has 152 valence electrons. The van der Waals surface area contributed by atoms with Crippen molar-refractivity contribution in [2.24, 2.45) is 0 Å². The number of carbonyl (C=O) groups is 1. The van der Waals surface area contributed by atoms with E-state index in [1.54, 1.807) is 18.2 Å². The number of sulfonamides is 1. The van der Waals surface area contributed by atoms with E-state index in [1.165, 1.54) is 4.31 Å². The fourth-order valence-electron chi connectivity index (χ4n) is 2.96. The summed E-state index contributed by atoms with van der Waals surface area (Å²) in [4.78, 5) is 12.5. The Labute approximate surface area is 168 Å². The Bertz CT molecular complexity index is 894. The Morgan fingerprint density at radius 2 is 1.71 bits per heavy atom. The van der Waals surface area contributed by atoms with E-state index in [0.717, 1.165) is 11.1 Å². The van der Waals surface area contributed by atoms with Crippen molar-refractivity contribution >= 4 is 21.6 Å². The summed E-state index contributed by atoms with van der Waals surface area (Å²) in [5.74, 6) is -0.159. The molecule has 0 saturated heterocycles. The highest BCUT2D eigenvalue weighted by Gasteiger charge is 2.22. The van der Waals surface area contributed by atoms with Gasteiger partial charge in [0.1, 0.15) is 0 Å². The number of aryl methyl sites for hydroxylation is 1. The highest BCUT2D eigenvalue weighted by molar-refractivity contribution is 7.89. The molecule has 2 aromatic carbocycles. The first kappa shape index (κ1) is 21.9. The standard InChI is InChI=1S/C21H29N3O3S/c1-5-24(6-2)28(26,27)19-13-12-16(3)20(14-19)22-15-21(25)23-17(4)18-10-8-7-9-11-18/h7-14,17,22H,5-6,15H2,1-4H3,(H,23,25)/t17-/m0/s1. The van der Waals surface area contributed by atoms with Crippen LogP contribution in [0.25, 0.3) is 0 Å². The zero-order chi connectivity index (χ0) is 20.7. The molecule has 1 amide bonds. The Balaban J connectivity index is 2.07. The monoisotopic (exact) mass is 403 g/mol. The van der Waals surface area contributed by atoms with Crippen molar-refractivity contribution in [1.82, 2.24) is 9.62 Å². The summed E-state index contributed by atoms with van der Waals surface area (Å²) >= 11 is 0. The van der Waals surface area contributed by atoms with E-state index in [-0.39, 0.29) is 23.4 Å². The van der Waals surface area contributed by atoms with Crippen LogP contribution in [0, 0.1) is 6.92 Å². The fourth-order valence-corrected chi connectivity index (χ4v) is 4.44. The van der Waals surface area contributed by atoms with Crippen LogP contribution < -0.4 is 10.6 Å². The van der Waals surface area contributed by atoms with Crippen LogP contribution in [0.15, 0.2) is 53.4 Å². The molecule has 0 spiro atoms. The number of carbonyl (C=O) groups excluding carboxylic acids is 1. The van der Waals surface area contributed by atoms with Crippen molar-refractivity contribution in [2.75, 3.05) is 25.0 Å². The number of hydrogen-bond acceptors (Lipinski definition) is 4. The van der Waals surface area contributed by atoms with Gasteiger partial charge in [-0.1, -0.05) is 50.2 Å². The van der Waals surface area contributed by atoms with Crippen molar-refractivity contribution in [3.05, 3.63) is 59.7 Å². The van der Waals surface area contributed by atoms with Gasteiger partial charge in [-0.2, -0.15) is 4.31 Å². The number of amides is 1. The molecule has 28 heavy (non-hydrogen) atoms. The van der Waals surface area contributed by atoms with Crippen molar-refractivity contribution in [3.8, 4) is 0 Å². The molecule has 6 nitrogen and oxygen atoms in total. The van der Waals surface area contributed by atoms with Gasteiger partial charge >= 0.3 is 0 Å². The number of benzene rings is 2. The van der Waals surface area contributed by atoms with Gasteiger partial charge in [0.15, 0.2) is 0 Å². The molecular weight excluding hydrogens is 374 g/mol. The Hall–Kier alpha value is -2.38. The van der Waals surface area contributed by atoms with Crippen LogP contribution in [-0.4, -0.2) is 38.3 Å². The maximum atomic E-state index is 12.7. The van der Waals surface area contributed by atoms with E-state index in [9.17, 15) is 13.2 Å². The summed E-state index contributed by atoms with van der Waals surface area (Å²) in [6.07, 6.45) is 0. The first-order chi connectivity index (χ1) is 13.3. The Morgan fingerprint density at radius 3 is 2.32 bits per heavy atom. The largest absolute Gasteiger partial charge is 0.376 e. The van der Waals surface area contributed by atoms with Crippen LogP contribution in [0.3, 0.4) is 0 Å². The van der Waals surface area contributed by atoms with E-state index in [2.05, 4.69) is 10.6 Å². The third-order valence-corrected chi connectivity index (χ3v) is 6.71. The minimum Gasteiger partial charge on any atom is -0.376 e. The first-order valence-electron chi connectivity index (χ1n) is 9.48. The highest BCUT2D eigenvalue weighted by atomic mass is 32.2. The van der Waals surface area contributed by atoms with Crippen LogP contribution in [0.5, 0.6) is 0 Å². The van der Waals surface area contributed by atoms with Crippen molar-refractivity contribution in [2.45, 2.75) is 38.6 Å². The zero-order valence-corrected chi connectivity index (χ0v) is 17.7. The molecule has 1 atom stereocenters. The van der Waals surface area contributed by atoms with Crippen molar-refractivity contribution in [3.63, 3.8) is 0 Å². The number of nitrogens with one attached hydrogen (secondary N) is 2. The van der Waals surface area contributed by atoms with Gasteiger partial charge in [0.2, 0.25) is 15.9 Å². The number of anilines is 1. The van der Waals surface area contributed by atoms with Crippen LogP contribution in [-0.2, 0) is 14.8 Å². The summed E-state index contributed by atoms with van der Waals surface area (Å²) < 4.78 is 26.8. The maximum absolute atomic E-state index is 12.7. The van der Waals surface area contributed by atoms with Crippen molar-refractivity contribution < 1.29 is 13.2 Å². The lowest BCUT2D eigenvalue weighted by atomic mass is 10.1. The predicted molar refractivity (Wildman–Crippen MR) is 113 cm³/mol. The molecule has 2 rings (SSSR count). The topological polar surface area (TPSA) is 78.5 Å². The summed E-state index contributed by atoms with van der Waals surface area (Å²) in [6.45, 7) is 8.31. The number of hydrogen-bond donors (Lipinski definition) is 2. The van der Waals surface area contributed by atoms with Gasteiger partial charge in [-0.3, -0.25) is 4.79 Å². The second-order valence-corrected chi connectivity index (χ2v) is 8.56. The first-order valence-corrected chi connectivity index (χ1v) is 10.9. The summed E-state index contributed by atoms with van der Waals surface area (Å²) in [5, 5.41) is 6.00. The summed E-state index contributed by atoms with van der Waals surface area (Å²) in [7, 11) is -3.54. The van der Waals surface area contributed by atoms with Gasteiger partial charge in [-0.25, -0.2) is 8.42 Å². The molecule has 0 saturated carbocycles. The lowest BCUT2D eigenvalue weighted by Crippen LogP contribution is -2.32. The van der Waals surface area contributed by atoms with Gasteiger partial charge < -0.3 is 10.6 Å². The van der Waals surface area contributed by atoms with E-state index < -0.39 is 10.0 Å². The Morgan fingerprint density at radius 1 is 1.07 bits per heavy atom. The van der Waals surface area contributed by atoms with Gasteiger partial charge in [0, 0.05) is 18.8 Å². The van der Waals surface area contributed by atoms with Gasteiger partial charge in [-0.05, 0) is 37.1 Å². The molecule has 0 aliphatic carbocycles. The van der Waals surface area contributed by atoms with E-state index in [0.29, 0.717) is 18.8 Å². The summed E-state index contributed by atoms with van der Waals surface area (Å²) in [5.41, 5.74) is 2.54. The van der Waals surface area contributed by atoms with Gasteiger partial charge in [0.05, 0.1) is 17.5 Å². The van der Waals surface area contributed by atoms with Crippen molar-refractivity contribution in [1.29, 1.82) is 0 Å². The normalized spacial score (nSPS) is 12.6. The molecule has 0 fully saturated rings. The van der Waals surface area contributed by atoms with Crippen LogP contribution in [0.4, 0.5) is 5.69 Å². The van der Waals surface area contributed by atoms with Gasteiger partial charge in [-0.15, -0.1) is 0 Å². The lowest BCUT2D eigenvalue weighted by Gasteiger charge is -2.20. The molecule has 0 aliphatic heterocycles. The summed E-state index contributed by atoms with van der Waals surface area (Å²) in [6, 6.07) is 14.6. The number of rotatable bonds is 9. The molecule has 7 heteroatoms. The van der Waals surface area contributed by atoms with E-state index in [4.69, 9.17) is 0 Å². The smallest absolute Gasteiger partial charge is 0.243 e.